The molecular formula is C31H32F2N4O5S. The summed E-state index contributed by atoms with van der Waals surface area (Å²) in [5.74, 6) is -0.981. The van der Waals surface area contributed by atoms with Crippen molar-refractivity contribution in [1.82, 2.24) is 15.2 Å². The molecule has 3 aromatic carbocycles. The van der Waals surface area contributed by atoms with Crippen LogP contribution in [0, 0.1) is 11.6 Å². The number of aliphatic hydroxyl groups is 1. The van der Waals surface area contributed by atoms with Gasteiger partial charge in [-0.05, 0) is 54.4 Å². The van der Waals surface area contributed by atoms with Gasteiger partial charge in [-0.25, -0.2) is 17.2 Å². The summed E-state index contributed by atoms with van der Waals surface area (Å²) in [6.45, 7) is 0.999. The summed E-state index contributed by atoms with van der Waals surface area (Å²) in [6.07, 6.45) is 1.44. The molecule has 0 saturated heterocycles. The van der Waals surface area contributed by atoms with Crippen molar-refractivity contribution in [3.63, 3.8) is 0 Å². The highest BCUT2D eigenvalue weighted by atomic mass is 32.2. The number of aromatic amines is 1. The van der Waals surface area contributed by atoms with E-state index >= 15 is 0 Å². The smallest absolute Gasteiger partial charge is 0.255 e. The molecule has 0 atom stereocenters. The maximum Gasteiger partial charge on any atom is 0.255 e. The topological polar surface area (TPSA) is 119 Å². The van der Waals surface area contributed by atoms with Gasteiger partial charge in [0.05, 0.1) is 29.6 Å². The number of halogens is 2. The zero-order chi connectivity index (χ0) is 30.9. The standard InChI is InChI=1S/C31H32F2N4O5S/c1-34-31(39)28-24-16-20(11-12-37(13-14-38)18-23-15-21-5-4-6-25(33)29(21)35-23)26(36(2)43(3,40)41)17-27(24)42-30(28)19-7-9-22(32)10-8-19/h4-10,15-17,35,38H,11-14,18H2,1-3H3,(H,34,39). The fourth-order valence-corrected chi connectivity index (χ4v) is 5.72. The predicted octanol–water partition coefficient (Wildman–Crippen LogP) is 4.65. The fourth-order valence-electron chi connectivity index (χ4n) is 5.20. The number of para-hydroxylation sites is 1. The van der Waals surface area contributed by atoms with Crippen molar-refractivity contribution in [2.24, 2.45) is 0 Å². The lowest BCUT2D eigenvalue weighted by Gasteiger charge is -2.24. The molecule has 0 aliphatic carbocycles. The van der Waals surface area contributed by atoms with Crippen molar-refractivity contribution >= 4 is 43.5 Å². The maximum absolute atomic E-state index is 14.3. The number of sulfonamides is 1. The van der Waals surface area contributed by atoms with Gasteiger partial charge >= 0.3 is 0 Å². The lowest BCUT2D eigenvalue weighted by Crippen LogP contribution is -2.30. The SMILES string of the molecule is CNC(=O)c1c(-c2ccc(F)cc2)oc2cc(N(C)S(C)(=O)=O)c(CCN(CCO)Cc3cc4cccc(F)c4[nH]3)cc12. The number of benzene rings is 3. The molecule has 43 heavy (non-hydrogen) atoms. The summed E-state index contributed by atoms with van der Waals surface area (Å²) in [4.78, 5) is 18.1. The second-order valence-electron chi connectivity index (χ2n) is 10.3. The van der Waals surface area contributed by atoms with Crippen LogP contribution in [0.2, 0.25) is 0 Å². The summed E-state index contributed by atoms with van der Waals surface area (Å²) in [5, 5.41) is 13.6. The van der Waals surface area contributed by atoms with Crippen LogP contribution in [0.25, 0.3) is 33.2 Å². The zero-order valence-electron chi connectivity index (χ0n) is 23.9. The number of anilines is 1. The molecule has 5 rings (SSSR count). The molecule has 5 aromatic rings. The number of carbonyl (C=O) groups excluding carboxylic acids is 1. The van der Waals surface area contributed by atoms with Crippen LogP contribution in [0.1, 0.15) is 21.6 Å². The minimum Gasteiger partial charge on any atom is -0.455 e. The minimum absolute atomic E-state index is 0.118. The van der Waals surface area contributed by atoms with Crippen molar-refractivity contribution < 1.29 is 31.5 Å². The van der Waals surface area contributed by atoms with Gasteiger partial charge < -0.3 is 19.8 Å². The Balaban J connectivity index is 1.56. The van der Waals surface area contributed by atoms with Crippen molar-refractivity contribution in [1.29, 1.82) is 0 Å². The molecule has 0 fully saturated rings. The number of fused-ring (bicyclic) bond motifs is 2. The molecule has 0 aliphatic rings. The summed E-state index contributed by atoms with van der Waals surface area (Å²) >= 11 is 0. The second-order valence-corrected chi connectivity index (χ2v) is 12.4. The average molecular weight is 611 g/mol. The summed E-state index contributed by atoms with van der Waals surface area (Å²) in [5.41, 5.74) is 3.18. The monoisotopic (exact) mass is 610 g/mol. The van der Waals surface area contributed by atoms with E-state index in [0.717, 1.165) is 21.6 Å². The molecular weight excluding hydrogens is 578 g/mol. The lowest BCUT2D eigenvalue weighted by atomic mass is 10.0. The molecule has 0 spiro atoms. The predicted molar refractivity (Wildman–Crippen MR) is 163 cm³/mol. The third-order valence-electron chi connectivity index (χ3n) is 7.46. The van der Waals surface area contributed by atoms with E-state index in [0.29, 0.717) is 59.4 Å². The highest BCUT2D eigenvalue weighted by Gasteiger charge is 2.25. The van der Waals surface area contributed by atoms with Crippen LogP contribution in [0.4, 0.5) is 14.5 Å². The molecule has 0 saturated carbocycles. The number of hydrogen-bond donors (Lipinski definition) is 3. The highest BCUT2D eigenvalue weighted by molar-refractivity contribution is 7.92. The molecule has 226 valence electrons. The quantitative estimate of drug-likeness (QED) is 0.200. The molecule has 0 radical (unpaired) electrons. The van der Waals surface area contributed by atoms with Crippen LogP contribution in [0.5, 0.6) is 0 Å². The lowest BCUT2D eigenvalue weighted by molar-refractivity contribution is 0.0964. The summed E-state index contributed by atoms with van der Waals surface area (Å²) in [7, 11) is -0.738. The summed E-state index contributed by atoms with van der Waals surface area (Å²) in [6, 6.07) is 15.6. The third kappa shape index (κ3) is 6.26. The van der Waals surface area contributed by atoms with Gasteiger partial charge in [-0.1, -0.05) is 12.1 Å². The molecule has 0 aliphatic heterocycles. The van der Waals surface area contributed by atoms with Crippen molar-refractivity contribution in [2.75, 3.05) is 44.4 Å². The number of hydrogen-bond acceptors (Lipinski definition) is 6. The first-order valence-corrected chi connectivity index (χ1v) is 15.5. The van der Waals surface area contributed by atoms with Crippen LogP contribution < -0.4 is 9.62 Å². The van der Waals surface area contributed by atoms with Gasteiger partial charge in [-0.2, -0.15) is 0 Å². The van der Waals surface area contributed by atoms with E-state index in [4.69, 9.17) is 4.42 Å². The second kappa shape index (κ2) is 12.2. The number of aliphatic hydroxyl groups excluding tert-OH is 1. The number of furan rings is 1. The van der Waals surface area contributed by atoms with E-state index in [-0.39, 0.29) is 23.7 Å². The summed E-state index contributed by atoms with van der Waals surface area (Å²) < 4.78 is 60.4. The Morgan fingerprint density at radius 1 is 1.07 bits per heavy atom. The first-order chi connectivity index (χ1) is 20.5. The number of aromatic nitrogens is 1. The normalized spacial score (nSPS) is 12.0. The number of amides is 1. The average Bonchev–Trinajstić information content (AvgIpc) is 3.56. The van der Waals surface area contributed by atoms with Gasteiger partial charge in [0.25, 0.3) is 5.91 Å². The van der Waals surface area contributed by atoms with Gasteiger partial charge in [0.1, 0.15) is 23.0 Å². The third-order valence-corrected chi connectivity index (χ3v) is 8.65. The number of H-pyrrole nitrogens is 1. The first kappa shape index (κ1) is 30.2. The van der Waals surface area contributed by atoms with E-state index in [2.05, 4.69) is 10.3 Å². The van der Waals surface area contributed by atoms with Gasteiger partial charge in [-0.15, -0.1) is 0 Å². The Morgan fingerprint density at radius 3 is 2.47 bits per heavy atom. The Labute approximate surface area is 247 Å². The van der Waals surface area contributed by atoms with Crippen LogP contribution in [0.3, 0.4) is 0 Å². The number of carbonyl (C=O) groups is 1. The molecule has 2 aromatic heterocycles. The van der Waals surface area contributed by atoms with Crippen molar-refractivity contribution in [2.45, 2.75) is 13.0 Å². The Morgan fingerprint density at radius 2 is 1.81 bits per heavy atom. The number of nitrogens with one attached hydrogen (secondary N) is 2. The van der Waals surface area contributed by atoms with Crippen LogP contribution in [-0.4, -0.2) is 69.4 Å². The molecule has 0 unspecified atom stereocenters. The van der Waals surface area contributed by atoms with Crippen LogP contribution in [-0.2, 0) is 23.0 Å². The van der Waals surface area contributed by atoms with Crippen molar-refractivity contribution in [3.8, 4) is 11.3 Å². The molecule has 1 amide bonds. The molecule has 12 heteroatoms. The van der Waals surface area contributed by atoms with E-state index in [1.54, 1.807) is 18.2 Å². The van der Waals surface area contributed by atoms with E-state index in [1.807, 2.05) is 17.0 Å². The maximum atomic E-state index is 14.3. The van der Waals surface area contributed by atoms with Gasteiger partial charge in [0.2, 0.25) is 10.0 Å². The van der Waals surface area contributed by atoms with Crippen molar-refractivity contribution in [3.05, 3.63) is 89.1 Å². The first-order valence-electron chi connectivity index (χ1n) is 13.6. The van der Waals surface area contributed by atoms with Gasteiger partial charge in [0, 0.05) is 61.8 Å². The van der Waals surface area contributed by atoms with E-state index in [1.165, 1.54) is 44.4 Å². The van der Waals surface area contributed by atoms with E-state index < -0.39 is 21.7 Å². The van der Waals surface area contributed by atoms with E-state index in [9.17, 15) is 27.1 Å². The number of rotatable bonds is 11. The molecule has 0 bridgehead atoms. The highest BCUT2D eigenvalue weighted by Crippen LogP contribution is 2.38. The van der Waals surface area contributed by atoms with Gasteiger partial charge in [0.15, 0.2) is 0 Å². The number of nitrogens with zero attached hydrogens (tertiary/aromatic N) is 2. The molecule has 3 N–H and O–H groups in total. The minimum atomic E-state index is -3.67. The molecule has 9 nitrogen and oxygen atoms in total. The fraction of sp³-hybridized carbons (Fsp3) is 0.258. The Kier molecular flexibility index (Phi) is 8.54. The molecule has 2 heterocycles. The van der Waals surface area contributed by atoms with Crippen LogP contribution in [0.15, 0.2) is 65.1 Å². The Hall–Kier alpha value is -4.26. The largest absolute Gasteiger partial charge is 0.455 e. The Bertz CT molecular complexity index is 1900. The zero-order valence-corrected chi connectivity index (χ0v) is 24.8. The van der Waals surface area contributed by atoms with Crippen LogP contribution >= 0.6 is 0 Å². The van der Waals surface area contributed by atoms with Gasteiger partial charge in [-0.3, -0.25) is 14.0 Å².